The number of hydrogen-bond acceptors (Lipinski definition) is 11. The number of hydrogen-bond donors (Lipinski definition) is 2. The van der Waals surface area contributed by atoms with Gasteiger partial charge in [-0.2, -0.15) is 46.7 Å². The van der Waals surface area contributed by atoms with E-state index in [0.29, 0.717) is 16.2 Å². The minimum Gasteiger partial charge on any atom is -0.382 e. The summed E-state index contributed by atoms with van der Waals surface area (Å²) < 4.78 is 80.0. The highest BCUT2D eigenvalue weighted by molar-refractivity contribution is 6.68. The summed E-state index contributed by atoms with van der Waals surface area (Å²) in [5.74, 6) is -0.412. The van der Waals surface area contributed by atoms with Crippen molar-refractivity contribution in [2.24, 2.45) is 28.2 Å². The molecule has 0 aliphatic carbocycles. The third-order valence-electron chi connectivity index (χ3n) is 7.01. The molecule has 27 heteroatoms. The Labute approximate surface area is 349 Å². The first-order valence-electron chi connectivity index (χ1n) is 15.5. The molecule has 312 valence electrons. The van der Waals surface area contributed by atoms with Crippen LogP contribution in [0.2, 0.25) is 10.0 Å². The van der Waals surface area contributed by atoms with Crippen molar-refractivity contribution in [3.63, 3.8) is 0 Å². The number of nitrogens with zero attached hydrogens (tertiary/aromatic N) is 12. The highest BCUT2D eigenvalue weighted by Gasteiger charge is 2.40. The number of halogens is 11. The lowest BCUT2D eigenvalue weighted by molar-refractivity contribution is -0.142. The third-order valence-corrected chi connectivity index (χ3v) is 7.91. The van der Waals surface area contributed by atoms with Crippen molar-refractivity contribution >= 4 is 80.8 Å². The summed E-state index contributed by atoms with van der Waals surface area (Å²) in [6.07, 6.45) is -3.58. The first-order valence-corrected chi connectivity index (χ1v) is 17.7. The van der Waals surface area contributed by atoms with Crippen LogP contribution in [0.3, 0.4) is 0 Å². The number of carbonyl (C=O) groups excluding carboxylic acids is 2. The van der Waals surface area contributed by atoms with E-state index >= 15 is 0 Å². The number of amides is 1. The zero-order chi connectivity index (χ0) is 43.9. The molecular weight excluding hydrogens is 892 g/mol. The summed E-state index contributed by atoms with van der Waals surface area (Å²) >= 11 is 25.5. The van der Waals surface area contributed by atoms with Crippen molar-refractivity contribution in [2.75, 3.05) is 16.4 Å². The number of carbonyl (C=O) groups is 2. The first kappa shape index (κ1) is 47.3. The van der Waals surface area contributed by atoms with Gasteiger partial charge in [-0.1, -0.05) is 23.2 Å². The van der Waals surface area contributed by atoms with E-state index in [0.717, 1.165) is 40.2 Å². The lowest BCUT2D eigenvalue weighted by Gasteiger charge is -2.06. The van der Waals surface area contributed by atoms with Crippen molar-refractivity contribution in [3.8, 4) is 22.8 Å². The Kier molecular flexibility index (Phi) is 16.0. The lowest BCUT2D eigenvalue weighted by atomic mass is 10.3. The first-order chi connectivity index (χ1) is 26.9. The third kappa shape index (κ3) is 12.0. The molecule has 16 nitrogen and oxygen atoms in total. The average Bonchev–Trinajstić information content (AvgIpc) is 3.83. The van der Waals surface area contributed by atoms with Gasteiger partial charge in [0.25, 0.3) is 11.1 Å². The number of aromatic nitrogens is 12. The molecule has 0 saturated heterocycles. The normalized spacial score (nSPS) is 11.1. The molecule has 6 rings (SSSR count). The second kappa shape index (κ2) is 19.6. The largest absolute Gasteiger partial charge is 0.436 e. The monoisotopic (exact) mass is 918 g/mol. The van der Waals surface area contributed by atoms with Crippen LogP contribution in [0.5, 0.6) is 0 Å². The molecule has 3 N–H and O–H groups in total. The standard InChI is InChI=1S/C15H13ClF3N7O.C9H11N5.C6H3Cl2F3N2O.CH2Cl2/c1-7-4-9(25(2)23-7)8-5-21-10(6-20-8)22-14(27)12-11(16)13(15(17,18)19)24-26(12)3;1-6-3-8(14(2)13-6)7-4-12-9(10)5-11-7;1-13-3(5(8)14)2(7)4(12-13)6(9,10)11;2-1-3/h4-6H,1-3H3,(H,21,22,27);3-5H,1-2H3,(H2,10,12);1H3;1H2. The molecule has 0 aromatic carbocycles. The number of rotatable bonds is 5. The maximum atomic E-state index is 12.9. The van der Waals surface area contributed by atoms with Crippen LogP contribution in [-0.4, -0.2) is 75.5 Å². The Hall–Kier alpha value is -5.03. The van der Waals surface area contributed by atoms with E-state index < -0.39 is 56.3 Å². The van der Waals surface area contributed by atoms with Crippen LogP contribution >= 0.6 is 58.0 Å². The average molecular weight is 921 g/mol. The Morgan fingerprint density at radius 1 is 0.672 bits per heavy atom. The molecule has 0 aliphatic heterocycles. The molecular formula is C31H29Cl5F6N14O2. The molecule has 6 heterocycles. The highest BCUT2D eigenvalue weighted by Crippen LogP contribution is 2.36. The molecule has 0 fully saturated rings. The van der Waals surface area contributed by atoms with Gasteiger partial charge in [-0.25, -0.2) is 19.9 Å². The summed E-state index contributed by atoms with van der Waals surface area (Å²) in [6.45, 7) is 3.77. The molecule has 6 aromatic rings. The van der Waals surface area contributed by atoms with Crippen molar-refractivity contribution < 1.29 is 35.9 Å². The quantitative estimate of drug-likeness (QED) is 0.0988. The van der Waals surface area contributed by atoms with E-state index in [-0.39, 0.29) is 11.2 Å². The molecule has 58 heavy (non-hydrogen) atoms. The minimum absolute atomic E-state index is 0.0495. The lowest BCUT2D eigenvalue weighted by Crippen LogP contribution is -2.17. The summed E-state index contributed by atoms with van der Waals surface area (Å²) in [5.41, 5.74) is 6.63. The zero-order valence-electron chi connectivity index (χ0n) is 30.6. The molecule has 0 radical (unpaired) electrons. The van der Waals surface area contributed by atoms with Crippen molar-refractivity contribution in [1.82, 2.24) is 59.1 Å². The molecule has 1 amide bonds. The van der Waals surface area contributed by atoms with Gasteiger partial charge in [0, 0.05) is 28.2 Å². The fraction of sp³-hybridized carbons (Fsp3) is 0.290. The maximum Gasteiger partial charge on any atom is 0.436 e. The topological polar surface area (TPSA) is 195 Å². The number of alkyl halides is 8. The van der Waals surface area contributed by atoms with E-state index in [9.17, 15) is 35.9 Å². The number of nitrogens with one attached hydrogen (secondary N) is 1. The SMILES string of the molecule is Cc1cc(-c2cnc(N)cn2)n(C)n1.Cc1cc(-c2cnc(NC(=O)c3c(Cl)c(C(F)(F)F)nn3C)cn2)n(C)n1.ClCCl.Cn1nc(C(F)(F)F)c(Cl)c1C(=O)Cl. The minimum atomic E-state index is -4.77. The van der Waals surface area contributed by atoms with Crippen LogP contribution in [0.25, 0.3) is 22.8 Å². The maximum absolute atomic E-state index is 12.9. The number of aryl methyl sites for hydroxylation is 6. The van der Waals surface area contributed by atoms with Crippen LogP contribution in [0.4, 0.5) is 38.0 Å². The Morgan fingerprint density at radius 2 is 1.09 bits per heavy atom. The van der Waals surface area contributed by atoms with Crippen LogP contribution in [0.15, 0.2) is 36.9 Å². The van der Waals surface area contributed by atoms with Gasteiger partial charge in [-0.15, -0.1) is 23.2 Å². The van der Waals surface area contributed by atoms with Gasteiger partial charge in [0.1, 0.15) is 38.6 Å². The van der Waals surface area contributed by atoms with E-state index in [1.807, 2.05) is 33.0 Å². The summed E-state index contributed by atoms with van der Waals surface area (Å²) in [4.78, 5) is 39.4. The Balaban J connectivity index is 0.000000245. The van der Waals surface area contributed by atoms with Gasteiger partial charge >= 0.3 is 12.4 Å². The Bertz CT molecular complexity index is 2360. The molecule has 6 aromatic heterocycles. The van der Waals surface area contributed by atoms with Crippen molar-refractivity contribution in [1.29, 1.82) is 0 Å². The van der Waals surface area contributed by atoms with Crippen LogP contribution in [0, 0.1) is 13.8 Å². The second-order valence-electron chi connectivity index (χ2n) is 11.3. The summed E-state index contributed by atoms with van der Waals surface area (Å²) in [5, 5.41) is 14.7. The van der Waals surface area contributed by atoms with Crippen molar-refractivity contribution in [3.05, 3.63) is 81.1 Å². The molecule has 0 bridgehead atoms. The van der Waals surface area contributed by atoms with E-state index in [4.69, 9.17) is 63.7 Å². The Morgan fingerprint density at radius 3 is 1.40 bits per heavy atom. The molecule has 0 saturated carbocycles. The van der Waals surface area contributed by atoms with Gasteiger partial charge in [-0.3, -0.25) is 28.3 Å². The van der Waals surface area contributed by atoms with Gasteiger partial charge in [0.2, 0.25) is 0 Å². The van der Waals surface area contributed by atoms with E-state index in [1.54, 1.807) is 22.6 Å². The van der Waals surface area contributed by atoms with E-state index in [1.165, 1.54) is 25.6 Å². The molecule has 0 aliphatic rings. The number of nitrogens with two attached hydrogens (primary N) is 1. The molecule has 0 atom stereocenters. The van der Waals surface area contributed by atoms with Gasteiger partial charge < -0.3 is 11.1 Å². The van der Waals surface area contributed by atoms with Crippen molar-refractivity contribution in [2.45, 2.75) is 26.2 Å². The highest BCUT2D eigenvalue weighted by atomic mass is 35.5. The van der Waals surface area contributed by atoms with Gasteiger partial charge in [0.05, 0.1) is 52.9 Å². The summed E-state index contributed by atoms with van der Waals surface area (Å²) in [7, 11) is 5.97. The smallest absolute Gasteiger partial charge is 0.382 e. The zero-order valence-corrected chi connectivity index (χ0v) is 34.4. The van der Waals surface area contributed by atoms with Crippen LogP contribution in [0.1, 0.15) is 43.8 Å². The van der Waals surface area contributed by atoms with E-state index in [2.05, 4.69) is 45.6 Å². The summed E-state index contributed by atoms with van der Waals surface area (Å²) in [6, 6.07) is 3.77. The van der Waals surface area contributed by atoms with Gasteiger partial charge in [-0.05, 0) is 37.6 Å². The van der Waals surface area contributed by atoms with Gasteiger partial charge in [0.15, 0.2) is 17.2 Å². The predicted octanol–water partition coefficient (Wildman–Crippen LogP) is 7.50. The number of nitrogen functional groups attached to an aromatic ring is 1. The predicted molar refractivity (Wildman–Crippen MR) is 204 cm³/mol. The second-order valence-corrected chi connectivity index (χ2v) is 13.2. The van der Waals surface area contributed by atoms with Crippen LogP contribution in [-0.2, 0) is 40.5 Å². The fourth-order valence-electron chi connectivity index (χ4n) is 4.69. The van der Waals surface area contributed by atoms with Crippen LogP contribution < -0.4 is 11.1 Å². The molecule has 0 spiro atoms. The fourth-order valence-corrected chi connectivity index (χ4v) is 5.66. The number of anilines is 2. The molecule has 0 unspecified atom stereocenters.